The van der Waals surface area contributed by atoms with E-state index in [1.54, 1.807) is 0 Å². The Kier molecular flexibility index (Phi) is 3.51. The summed E-state index contributed by atoms with van der Waals surface area (Å²) in [7, 11) is 0. The van der Waals surface area contributed by atoms with Gasteiger partial charge >= 0.3 is 0 Å². The first-order valence-electron chi connectivity index (χ1n) is 5.34. The van der Waals surface area contributed by atoms with Gasteiger partial charge in [0.25, 0.3) is 0 Å². The van der Waals surface area contributed by atoms with Crippen LogP contribution in [0.5, 0.6) is 0 Å². The summed E-state index contributed by atoms with van der Waals surface area (Å²) in [6.45, 7) is 8.28. The number of benzene rings is 1. The third-order valence-corrected chi connectivity index (χ3v) is 2.33. The Bertz CT molecular complexity index is 350. The van der Waals surface area contributed by atoms with Crippen LogP contribution in [0.15, 0.2) is 24.3 Å². The topological polar surface area (TPSA) is 29.1 Å². The number of carbonyl (C=O) groups excluding carboxylic acids is 1. The van der Waals surface area contributed by atoms with Crippen molar-refractivity contribution in [3.8, 4) is 0 Å². The average Bonchev–Trinajstić information content (AvgIpc) is 2.17. The summed E-state index contributed by atoms with van der Waals surface area (Å²) < 4.78 is 0. The molecule has 0 saturated carbocycles. The zero-order valence-electron chi connectivity index (χ0n) is 9.92. The Balaban J connectivity index is 3.02. The molecule has 1 aromatic carbocycles. The monoisotopic (exact) mass is 205 g/mol. The van der Waals surface area contributed by atoms with Crippen LogP contribution in [0.2, 0.25) is 0 Å². The molecule has 0 heterocycles. The normalized spacial score (nSPS) is 11.2. The van der Waals surface area contributed by atoms with Crippen LogP contribution in [-0.4, -0.2) is 5.91 Å². The molecule has 2 heteroatoms. The number of hydrogen-bond acceptors (Lipinski definition) is 1. The maximum Gasteiger partial charge on any atom is 0.224 e. The van der Waals surface area contributed by atoms with E-state index in [0.29, 0.717) is 6.42 Å². The van der Waals surface area contributed by atoms with Crippen molar-refractivity contribution < 1.29 is 4.79 Å². The summed E-state index contributed by atoms with van der Waals surface area (Å²) in [6, 6.07) is 7.96. The van der Waals surface area contributed by atoms with Crippen LogP contribution >= 0.6 is 0 Å². The molecule has 2 nitrogen and oxygen atoms in total. The first kappa shape index (κ1) is 11.8. The molecule has 0 aliphatic carbocycles. The lowest BCUT2D eigenvalue weighted by Gasteiger charge is -2.22. The fourth-order valence-corrected chi connectivity index (χ4v) is 1.48. The molecule has 15 heavy (non-hydrogen) atoms. The minimum absolute atomic E-state index is 0.0532. The minimum Gasteiger partial charge on any atom is -0.326 e. The molecule has 0 atom stereocenters. The zero-order valence-corrected chi connectivity index (χ0v) is 9.92. The fourth-order valence-electron chi connectivity index (χ4n) is 1.48. The summed E-state index contributed by atoms with van der Waals surface area (Å²) in [5, 5.41) is 2.93. The van der Waals surface area contributed by atoms with Gasteiger partial charge in [-0.2, -0.15) is 0 Å². The number of amides is 1. The fraction of sp³-hybridized carbons (Fsp3) is 0.462. The van der Waals surface area contributed by atoms with E-state index in [9.17, 15) is 4.79 Å². The third kappa shape index (κ3) is 3.08. The van der Waals surface area contributed by atoms with E-state index in [4.69, 9.17) is 0 Å². The van der Waals surface area contributed by atoms with Gasteiger partial charge in [0.05, 0.1) is 0 Å². The van der Waals surface area contributed by atoms with E-state index < -0.39 is 0 Å². The van der Waals surface area contributed by atoms with E-state index >= 15 is 0 Å². The first-order valence-corrected chi connectivity index (χ1v) is 5.34. The lowest BCUT2D eigenvalue weighted by Crippen LogP contribution is -2.17. The predicted molar refractivity (Wildman–Crippen MR) is 64.1 cm³/mol. The number of carbonyl (C=O) groups is 1. The van der Waals surface area contributed by atoms with Gasteiger partial charge in [0.15, 0.2) is 0 Å². The molecule has 1 rings (SSSR count). The molecule has 1 aromatic rings. The Labute approximate surface area is 91.7 Å². The van der Waals surface area contributed by atoms with Crippen LogP contribution in [0.3, 0.4) is 0 Å². The van der Waals surface area contributed by atoms with Gasteiger partial charge in [-0.05, 0) is 17.0 Å². The lowest BCUT2D eigenvalue weighted by atomic mass is 9.86. The summed E-state index contributed by atoms with van der Waals surface area (Å²) in [6.07, 6.45) is 0.512. The highest BCUT2D eigenvalue weighted by Gasteiger charge is 2.17. The molecule has 0 radical (unpaired) electrons. The van der Waals surface area contributed by atoms with Crippen molar-refractivity contribution in [2.45, 2.75) is 39.5 Å². The van der Waals surface area contributed by atoms with Gasteiger partial charge in [-0.15, -0.1) is 0 Å². The van der Waals surface area contributed by atoms with Gasteiger partial charge < -0.3 is 5.32 Å². The minimum atomic E-state index is 0.0532. The highest BCUT2D eigenvalue weighted by molar-refractivity contribution is 5.91. The van der Waals surface area contributed by atoms with Crippen LogP contribution in [0.4, 0.5) is 5.69 Å². The maximum absolute atomic E-state index is 11.3. The second kappa shape index (κ2) is 4.47. The highest BCUT2D eigenvalue weighted by Crippen LogP contribution is 2.29. The Hall–Kier alpha value is -1.31. The molecule has 0 aromatic heterocycles. The van der Waals surface area contributed by atoms with E-state index in [2.05, 4.69) is 32.2 Å². The molecule has 1 amide bonds. The summed E-state index contributed by atoms with van der Waals surface area (Å²) in [5.74, 6) is 0.0618. The van der Waals surface area contributed by atoms with Crippen molar-refractivity contribution in [3.63, 3.8) is 0 Å². The number of nitrogens with one attached hydrogen (secondary N) is 1. The molecule has 0 unspecified atom stereocenters. The van der Waals surface area contributed by atoms with Crippen molar-refractivity contribution in [2.24, 2.45) is 0 Å². The van der Waals surface area contributed by atoms with Crippen LogP contribution in [-0.2, 0) is 10.2 Å². The molecule has 0 aliphatic rings. The van der Waals surface area contributed by atoms with E-state index in [-0.39, 0.29) is 11.3 Å². The quantitative estimate of drug-likeness (QED) is 0.788. The van der Waals surface area contributed by atoms with Gasteiger partial charge in [0.2, 0.25) is 5.91 Å². The average molecular weight is 205 g/mol. The molecular weight excluding hydrogens is 186 g/mol. The SMILES string of the molecule is CCC(=O)Nc1ccccc1C(C)(C)C. The molecule has 82 valence electrons. The molecule has 0 spiro atoms. The summed E-state index contributed by atoms with van der Waals surface area (Å²) >= 11 is 0. The number of para-hydroxylation sites is 1. The maximum atomic E-state index is 11.3. The second-order valence-corrected chi connectivity index (χ2v) is 4.70. The van der Waals surface area contributed by atoms with Crippen molar-refractivity contribution in [2.75, 3.05) is 5.32 Å². The number of hydrogen-bond donors (Lipinski definition) is 1. The standard InChI is InChI=1S/C13H19NO/c1-5-12(15)14-11-9-7-6-8-10(11)13(2,3)4/h6-9H,5H2,1-4H3,(H,14,15). The Morgan fingerprint density at radius 2 is 1.87 bits per heavy atom. The summed E-state index contributed by atoms with van der Waals surface area (Å²) in [4.78, 5) is 11.3. The van der Waals surface area contributed by atoms with E-state index in [1.807, 2.05) is 25.1 Å². The number of rotatable bonds is 2. The van der Waals surface area contributed by atoms with Crippen molar-refractivity contribution >= 4 is 11.6 Å². The van der Waals surface area contributed by atoms with Crippen LogP contribution < -0.4 is 5.32 Å². The molecule has 0 bridgehead atoms. The van der Waals surface area contributed by atoms with Gasteiger partial charge in [-0.25, -0.2) is 0 Å². The molecule has 0 fully saturated rings. The van der Waals surface area contributed by atoms with Crippen molar-refractivity contribution in [3.05, 3.63) is 29.8 Å². The first-order chi connectivity index (χ1) is 6.95. The number of anilines is 1. The van der Waals surface area contributed by atoms with Crippen molar-refractivity contribution in [1.82, 2.24) is 0 Å². The second-order valence-electron chi connectivity index (χ2n) is 4.70. The largest absolute Gasteiger partial charge is 0.326 e. The van der Waals surface area contributed by atoms with Crippen molar-refractivity contribution in [1.29, 1.82) is 0 Å². The van der Waals surface area contributed by atoms with Gasteiger partial charge in [0.1, 0.15) is 0 Å². The Morgan fingerprint density at radius 1 is 1.27 bits per heavy atom. The van der Waals surface area contributed by atoms with Crippen LogP contribution in [0.1, 0.15) is 39.7 Å². The van der Waals surface area contributed by atoms with Gasteiger partial charge in [-0.1, -0.05) is 45.9 Å². The van der Waals surface area contributed by atoms with E-state index in [0.717, 1.165) is 5.69 Å². The summed E-state index contributed by atoms with van der Waals surface area (Å²) in [5.41, 5.74) is 2.15. The Morgan fingerprint density at radius 3 is 2.40 bits per heavy atom. The third-order valence-electron chi connectivity index (χ3n) is 2.33. The molecular formula is C13H19NO. The van der Waals surface area contributed by atoms with Gasteiger partial charge in [0, 0.05) is 12.1 Å². The van der Waals surface area contributed by atoms with Gasteiger partial charge in [-0.3, -0.25) is 4.79 Å². The van der Waals surface area contributed by atoms with Crippen LogP contribution in [0, 0.1) is 0 Å². The highest BCUT2D eigenvalue weighted by atomic mass is 16.1. The van der Waals surface area contributed by atoms with E-state index in [1.165, 1.54) is 5.56 Å². The van der Waals surface area contributed by atoms with Crippen LogP contribution in [0.25, 0.3) is 0 Å². The molecule has 0 saturated heterocycles. The lowest BCUT2D eigenvalue weighted by molar-refractivity contribution is -0.115. The smallest absolute Gasteiger partial charge is 0.224 e. The molecule has 0 aliphatic heterocycles. The predicted octanol–water partition coefficient (Wildman–Crippen LogP) is 3.33. The molecule has 1 N–H and O–H groups in total. The zero-order chi connectivity index (χ0) is 11.5.